The lowest BCUT2D eigenvalue weighted by atomic mass is 9.84. The highest BCUT2D eigenvalue weighted by Gasteiger charge is 2.47. The maximum Gasteiger partial charge on any atom is 0.258 e. The Morgan fingerprint density at radius 1 is 1.14 bits per heavy atom. The van der Waals surface area contributed by atoms with Gasteiger partial charge in [-0.25, -0.2) is 0 Å². The van der Waals surface area contributed by atoms with Gasteiger partial charge >= 0.3 is 0 Å². The largest absolute Gasteiger partial charge is 0.543 e. The number of benzene rings is 1. The number of fused-ring (bicyclic) bond motifs is 3. The summed E-state index contributed by atoms with van der Waals surface area (Å²) in [5.41, 5.74) is 4.17. The molecule has 0 unspecified atom stereocenters. The van der Waals surface area contributed by atoms with Crippen LogP contribution in [0.3, 0.4) is 0 Å². The smallest absolute Gasteiger partial charge is 0.258 e. The molecule has 1 aromatic carbocycles. The summed E-state index contributed by atoms with van der Waals surface area (Å²) < 4.78 is 13.1. The van der Waals surface area contributed by atoms with Crippen LogP contribution in [0.5, 0.6) is 5.75 Å². The summed E-state index contributed by atoms with van der Waals surface area (Å²) >= 11 is 0. The SMILES string of the molecule is CC(=O)N1CCO[C@H]2c3cc(O[Si](C(C)C)(C(C)C)C(C)C)ccc3CC[C@H]21. The van der Waals surface area contributed by atoms with Crippen molar-refractivity contribution in [3.8, 4) is 5.75 Å². The second kappa shape index (κ2) is 8.19. The first kappa shape index (κ1) is 21.4. The average molecular weight is 404 g/mol. The van der Waals surface area contributed by atoms with E-state index in [9.17, 15) is 4.79 Å². The summed E-state index contributed by atoms with van der Waals surface area (Å²) in [6, 6.07) is 6.73. The Bertz CT molecular complexity index is 694. The van der Waals surface area contributed by atoms with Crippen LogP contribution in [0.4, 0.5) is 0 Å². The molecule has 0 N–H and O–H groups in total. The lowest BCUT2D eigenvalue weighted by Crippen LogP contribution is -2.51. The third-order valence-electron chi connectivity index (χ3n) is 6.92. The first-order valence-corrected chi connectivity index (χ1v) is 13.0. The number of nitrogens with zero attached hydrogens (tertiary/aromatic N) is 1. The van der Waals surface area contributed by atoms with Crippen LogP contribution < -0.4 is 4.43 Å². The molecule has 1 aromatic rings. The van der Waals surface area contributed by atoms with Gasteiger partial charge in [-0.3, -0.25) is 4.79 Å². The molecule has 2 atom stereocenters. The molecule has 0 bridgehead atoms. The Balaban J connectivity index is 1.95. The summed E-state index contributed by atoms with van der Waals surface area (Å²) in [5.74, 6) is 1.13. The van der Waals surface area contributed by atoms with E-state index in [1.165, 1.54) is 11.1 Å². The van der Waals surface area contributed by atoms with Gasteiger partial charge in [-0.1, -0.05) is 47.6 Å². The Hall–Kier alpha value is -1.33. The van der Waals surface area contributed by atoms with E-state index < -0.39 is 8.32 Å². The van der Waals surface area contributed by atoms with Crippen LogP contribution >= 0.6 is 0 Å². The molecule has 28 heavy (non-hydrogen) atoms. The van der Waals surface area contributed by atoms with Crippen molar-refractivity contribution in [3.63, 3.8) is 0 Å². The van der Waals surface area contributed by atoms with E-state index >= 15 is 0 Å². The third kappa shape index (κ3) is 3.63. The molecule has 4 nitrogen and oxygen atoms in total. The van der Waals surface area contributed by atoms with Gasteiger partial charge in [0.25, 0.3) is 8.32 Å². The van der Waals surface area contributed by atoms with E-state index in [2.05, 4.69) is 59.7 Å². The van der Waals surface area contributed by atoms with E-state index in [4.69, 9.17) is 9.16 Å². The van der Waals surface area contributed by atoms with Crippen molar-refractivity contribution in [1.82, 2.24) is 4.90 Å². The maximum atomic E-state index is 12.1. The van der Waals surface area contributed by atoms with Crippen molar-refractivity contribution in [2.24, 2.45) is 0 Å². The quantitative estimate of drug-likeness (QED) is 0.611. The van der Waals surface area contributed by atoms with E-state index in [1.807, 2.05) is 4.90 Å². The minimum Gasteiger partial charge on any atom is -0.543 e. The highest BCUT2D eigenvalue weighted by molar-refractivity contribution is 6.78. The Labute approximate surface area is 171 Å². The van der Waals surface area contributed by atoms with Crippen LogP contribution in [0.1, 0.15) is 72.1 Å². The van der Waals surface area contributed by atoms with E-state index in [-0.39, 0.29) is 18.1 Å². The van der Waals surface area contributed by atoms with Crippen LogP contribution in [0.25, 0.3) is 0 Å². The normalized spacial score (nSPS) is 22.4. The minimum atomic E-state index is -1.99. The summed E-state index contributed by atoms with van der Waals surface area (Å²) in [6.07, 6.45) is 1.93. The Morgan fingerprint density at radius 3 is 2.36 bits per heavy atom. The highest BCUT2D eigenvalue weighted by atomic mass is 28.4. The summed E-state index contributed by atoms with van der Waals surface area (Å²) in [5, 5.41) is 0. The minimum absolute atomic E-state index is 0.0295. The fraction of sp³-hybridized carbons (Fsp3) is 0.696. The molecule has 1 saturated heterocycles. The average Bonchev–Trinajstić information content (AvgIpc) is 2.64. The zero-order valence-corrected chi connectivity index (χ0v) is 19.6. The number of carbonyl (C=O) groups excluding carboxylic acids is 1. The summed E-state index contributed by atoms with van der Waals surface area (Å²) in [7, 11) is -1.99. The molecule has 0 spiro atoms. The molecule has 0 radical (unpaired) electrons. The molecule has 1 fully saturated rings. The molecule has 1 aliphatic carbocycles. The predicted octanol–water partition coefficient (Wildman–Crippen LogP) is 5.48. The van der Waals surface area contributed by atoms with Gasteiger partial charge in [-0.15, -0.1) is 0 Å². The molecule has 1 aliphatic heterocycles. The maximum absolute atomic E-state index is 12.1. The number of hydrogen-bond donors (Lipinski definition) is 0. The Kier molecular flexibility index (Phi) is 6.25. The van der Waals surface area contributed by atoms with Crippen molar-refractivity contribution >= 4 is 14.2 Å². The number of ether oxygens (including phenoxy) is 1. The zero-order valence-electron chi connectivity index (χ0n) is 18.6. The molecule has 0 saturated carbocycles. The van der Waals surface area contributed by atoms with Crippen molar-refractivity contribution < 1.29 is 14.0 Å². The van der Waals surface area contributed by atoms with Crippen LogP contribution in [0.15, 0.2) is 18.2 Å². The molecule has 0 aromatic heterocycles. The zero-order chi connectivity index (χ0) is 20.6. The number of carbonyl (C=O) groups is 1. The van der Waals surface area contributed by atoms with E-state index in [1.54, 1.807) is 6.92 Å². The molecular formula is C23H37NO3Si. The van der Waals surface area contributed by atoms with E-state index in [0.29, 0.717) is 29.8 Å². The molecule has 2 aliphatic rings. The van der Waals surface area contributed by atoms with Crippen LogP contribution in [0, 0.1) is 0 Å². The topological polar surface area (TPSA) is 38.8 Å². The summed E-state index contributed by atoms with van der Waals surface area (Å²) in [6.45, 7) is 16.9. The van der Waals surface area contributed by atoms with Crippen LogP contribution in [-0.2, 0) is 16.0 Å². The summed E-state index contributed by atoms with van der Waals surface area (Å²) in [4.78, 5) is 14.1. The number of rotatable bonds is 5. The van der Waals surface area contributed by atoms with Crippen molar-refractivity contribution in [1.29, 1.82) is 0 Å². The number of hydrogen-bond acceptors (Lipinski definition) is 3. The lowest BCUT2D eigenvalue weighted by Gasteiger charge is -2.45. The van der Waals surface area contributed by atoms with Gasteiger partial charge in [0, 0.05) is 13.5 Å². The number of morpholine rings is 1. The third-order valence-corrected chi connectivity index (χ3v) is 12.9. The lowest BCUT2D eigenvalue weighted by molar-refractivity contribution is -0.145. The standard InChI is InChI=1S/C23H37NO3Si/c1-15(2)28(16(3)4,17(5)6)27-20-10-8-19-9-11-22-23(21(19)14-20)26-13-12-24(22)18(7)25/h8,10,14-17,22-23H,9,11-13H2,1-7H3/t22-,23+/m1/s1. The monoisotopic (exact) mass is 403 g/mol. The van der Waals surface area contributed by atoms with Gasteiger partial charge in [-0.2, -0.15) is 0 Å². The first-order chi connectivity index (χ1) is 13.2. The van der Waals surface area contributed by atoms with Gasteiger partial charge in [0.2, 0.25) is 5.91 Å². The number of amides is 1. The predicted molar refractivity (Wildman–Crippen MR) is 116 cm³/mol. The highest BCUT2D eigenvalue weighted by Crippen LogP contribution is 2.44. The molecule has 5 heteroatoms. The Morgan fingerprint density at radius 2 is 1.79 bits per heavy atom. The second-order valence-electron chi connectivity index (χ2n) is 9.39. The van der Waals surface area contributed by atoms with Gasteiger partial charge in [0.05, 0.1) is 12.6 Å². The van der Waals surface area contributed by atoms with Crippen molar-refractivity contribution in [2.45, 2.75) is 90.1 Å². The van der Waals surface area contributed by atoms with Crippen LogP contribution in [0.2, 0.25) is 16.6 Å². The molecular weight excluding hydrogens is 366 g/mol. The van der Waals surface area contributed by atoms with Gasteiger partial charge in [-0.05, 0) is 52.7 Å². The van der Waals surface area contributed by atoms with Gasteiger partial charge in [0.15, 0.2) is 0 Å². The molecule has 1 heterocycles. The second-order valence-corrected chi connectivity index (χ2v) is 14.8. The van der Waals surface area contributed by atoms with Crippen molar-refractivity contribution in [3.05, 3.63) is 29.3 Å². The van der Waals surface area contributed by atoms with E-state index in [0.717, 1.165) is 18.6 Å². The van der Waals surface area contributed by atoms with Crippen LogP contribution in [-0.4, -0.2) is 38.3 Å². The molecule has 1 amide bonds. The first-order valence-electron chi connectivity index (χ1n) is 10.9. The molecule has 3 rings (SSSR count). The molecule has 156 valence electrons. The fourth-order valence-corrected chi connectivity index (χ4v) is 10.9. The van der Waals surface area contributed by atoms with Crippen molar-refractivity contribution in [2.75, 3.05) is 13.2 Å². The van der Waals surface area contributed by atoms with Gasteiger partial charge < -0.3 is 14.1 Å². The van der Waals surface area contributed by atoms with Gasteiger partial charge in [0.1, 0.15) is 11.9 Å². The number of aryl methyl sites for hydroxylation is 1. The fourth-order valence-electron chi connectivity index (χ4n) is 5.70.